The Labute approximate surface area is 169 Å². The van der Waals surface area contributed by atoms with Gasteiger partial charge in [-0.3, -0.25) is 4.79 Å². The van der Waals surface area contributed by atoms with Crippen LogP contribution in [0.1, 0.15) is 46.4 Å². The highest BCUT2D eigenvalue weighted by molar-refractivity contribution is 9.10. The van der Waals surface area contributed by atoms with Crippen LogP contribution in [0.25, 0.3) is 0 Å². The molecule has 0 fully saturated rings. The number of rotatable bonds is 7. The van der Waals surface area contributed by atoms with Gasteiger partial charge in [0.05, 0.1) is 6.04 Å². The van der Waals surface area contributed by atoms with Gasteiger partial charge in [-0.1, -0.05) is 76.9 Å². The summed E-state index contributed by atoms with van der Waals surface area (Å²) >= 11 is 3.48. The number of nitrogens with one attached hydrogen (secondary N) is 1. The van der Waals surface area contributed by atoms with Gasteiger partial charge in [0.2, 0.25) is 0 Å². The number of hydrogen-bond donors (Lipinski definition) is 1. The van der Waals surface area contributed by atoms with Gasteiger partial charge >= 0.3 is 0 Å². The van der Waals surface area contributed by atoms with E-state index in [0.29, 0.717) is 6.42 Å². The van der Waals surface area contributed by atoms with E-state index in [2.05, 4.69) is 71.5 Å². The van der Waals surface area contributed by atoms with Crippen molar-refractivity contribution in [3.8, 4) is 0 Å². The minimum Gasteiger partial charge on any atom is -0.378 e. The molecule has 3 heteroatoms. The third-order valence-corrected chi connectivity index (χ3v) is 5.27. The van der Waals surface area contributed by atoms with Gasteiger partial charge in [0.15, 0.2) is 5.78 Å². The summed E-state index contributed by atoms with van der Waals surface area (Å²) in [5.74, 6) is 0.144. The first-order chi connectivity index (χ1) is 13.0. The second kappa shape index (κ2) is 9.01. The van der Waals surface area contributed by atoms with E-state index in [9.17, 15) is 4.79 Å². The zero-order valence-electron chi connectivity index (χ0n) is 15.7. The molecule has 0 saturated heterocycles. The molecule has 3 aromatic rings. The molecule has 1 atom stereocenters. The quantitative estimate of drug-likeness (QED) is 0.427. The topological polar surface area (TPSA) is 29.1 Å². The number of anilines is 1. The van der Waals surface area contributed by atoms with Crippen molar-refractivity contribution in [2.45, 2.75) is 32.7 Å². The molecular weight excluding hydrogens is 398 g/mol. The maximum Gasteiger partial charge on any atom is 0.165 e. The van der Waals surface area contributed by atoms with Crippen molar-refractivity contribution in [2.24, 2.45) is 0 Å². The standard InChI is InChI=1S/C24H24BrNO/c1-3-18-6-8-20(9-7-18)24(27)16-23(19-10-12-21(25)13-11-19)26-22-14-4-17(2)5-15-22/h4-15,23,26H,3,16H2,1-2H3. The van der Waals surface area contributed by atoms with Crippen LogP contribution in [-0.2, 0) is 6.42 Å². The predicted octanol–water partition coefficient (Wildman–Crippen LogP) is 6.75. The van der Waals surface area contributed by atoms with Crippen LogP contribution < -0.4 is 5.32 Å². The molecule has 2 nitrogen and oxygen atoms in total. The molecule has 1 unspecified atom stereocenters. The molecule has 0 bridgehead atoms. The van der Waals surface area contributed by atoms with Crippen LogP contribution in [0, 0.1) is 6.92 Å². The summed E-state index contributed by atoms with van der Waals surface area (Å²) in [6.07, 6.45) is 1.38. The van der Waals surface area contributed by atoms with E-state index >= 15 is 0 Å². The summed E-state index contributed by atoms with van der Waals surface area (Å²) < 4.78 is 1.03. The molecule has 0 aliphatic heterocycles. The summed E-state index contributed by atoms with van der Waals surface area (Å²) in [6.45, 7) is 4.19. The lowest BCUT2D eigenvalue weighted by molar-refractivity contribution is 0.0976. The van der Waals surface area contributed by atoms with Gasteiger partial charge in [-0.15, -0.1) is 0 Å². The molecule has 0 saturated carbocycles. The highest BCUT2D eigenvalue weighted by Crippen LogP contribution is 2.26. The first-order valence-electron chi connectivity index (χ1n) is 9.26. The molecule has 0 radical (unpaired) electrons. The third kappa shape index (κ3) is 5.30. The van der Waals surface area contributed by atoms with Crippen molar-refractivity contribution in [1.82, 2.24) is 0 Å². The summed E-state index contributed by atoms with van der Waals surface area (Å²) in [7, 11) is 0. The second-order valence-electron chi connectivity index (χ2n) is 6.79. The summed E-state index contributed by atoms with van der Waals surface area (Å²) in [5, 5.41) is 3.53. The van der Waals surface area contributed by atoms with Crippen molar-refractivity contribution in [3.63, 3.8) is 0 Å². The van der Waals surface area contributed by atoms with Gasteiger partial charge in [-0.2, -0.15) is 0 Å². The number of carbonyl (C=O) groups excluding carboxylic acids is 1. The van der Waals surface area contributed by atoms with Gasteiger partial charge in [0.1, 0.15) is 0 Å². The van der Waals surface area contributed by atoms with Crippen molar-refractivity contribution in [1.29, 1.82) is 0 Å². The van der Waals surface area contributed by atoms with Crippen LogP contribution in [0.2, 0.25) is 0 Å². The van der Waals surface area contributed by atoms with Crippen LogP contribution in [0.4, 0.5) is 5.69 Å². The van der Waals surface area contributed by atoms with E-state index in [0.717, 1.165) is 27.7 Å². The number of benzene rings is 3. The molecule has 138 valence electrons. The average molecular weight is 422 g/mol. The lowest BCUT2D eigenvalue weighted by Gasteiger charge is -2.20. The van der Waals surface area contributed by atoms with Crippen LogP contribution in [-0.4, -0.2) is 5.78 Å². The third-order valence-electron chi connectivity index (χ3n) is 4.74. The number of aryl methyl sites for hydroxylation is 2. The molecule has 0 spiro atoms. The Morgan fingerprint density at radius 3 is 2.15 bits per heavy atom. The van der Waals surface area contributed by atoms with Gasteiger partial charge in [-0.25, -0.2) is 0 Å². The normalized spacial score (nSPS) is 11.8. The Balaban J connectivity index is 1.82. The first kappa shape index (κ1) is 19.4. The minimum absolute atomic E-state index is 0.0841. The van der Waals surface area contributed by atoms with Crippen molar-refractivity contribution < 1.29 is 4.79 Å². The fraction of sp³-hybridized carbons (Fsp3) is 0.208. The fourth-order valence-corrected chi connectivity index (χ4v) is 3.29. The van der Waals surface area contributed by atoms with E-state index in [1.54, 1.807) is 0 Å². The monoisotopic (exact) mass is 421 g/mol. The summed E-state index contributed by atoms with van der Waals surface area (Å²) in [5.41, 5.74) is 5.33. The molecule has 0 aliphatic rings. The smallest absolute Gasteiger partial charge is 0.165 e. The van der Waals surface area contributed by atoms with Gasteiger partial charge in [-0.05, 0) is 48.7 Å². The molecule has 0 aromatic heterocycles. The molecule has 0 amide bonds. The van der Waals surface area contributed by atoms with Crippen LogP contribution >= 0.6 is 15.9 Å². The molecule has 0 heterocycles. The van der Waals surface area contributed by atoms with Gasteiger partial charge in [0.25, 0.3) is 0 Å². The van der Waals surface area contributed by atoms with Crippen molar-refractivity contribution >= 4 is 27.4 Å². The SMILES string of the molecule is CCc1ccc(C(=O)CC(Nc2ccc(C)cc2)c2ccc(Br)cc2)cc1. The van der Waals surface area contributed by atoms with Gasteiger partial charge in [0, 0.05) is 22.1 Å². The van der Waals surface area contributed by atoms with E-state index in [4.69, 9.17) is 0 Å². The largest absolute Gasteiger partial charge is 0.378 e. The Kier molecular flexibility index (Phi) is 6.46. The number of Topliss-reactive ketones (excluding diaryl/α,β-unsaturated/α-hetero) is 1. The maximum atomic E-state index is 12.9. The highest BCUT2D eigenvalue weighted by atomic mass is 79.9. The average Bonchev–Trinajstić information content (AvgIpc) is 2.70. The van der Waals surface area contributed by atoms with Gasteiger partial charge < -0.3 is 5.32 Å². The van der Waals surface area contributed by atoms with E-state index in [1.165, 1.54) is 11.1 Å². The molecule has 3 aromatic carbocycles. The summed E-state index contributed by atoms with van der Waals surface area (Å²) in [4.78, 5) is 12.9. The van der Waals surface area contributed by atoms with Crippen LogP contribution in [0.5, 0.6) is 0 Å². The predicted molar refractivity (Wildman–Crippen MR) is 116 cm³/mol. The zero-order valence-corrected chi connectivity index (χ0v) is 17.3. The van der Waals surface area contributed by atoms with Crippen LogP contribution in [0.15, 0.2) is 77.3 Å². The second-order valence-corrected chi connectivity index (χ2v) is 7.71. The Morgan fingerprint density at radius 2 is 1.56 bits per heavy atom. The highest BCUT2D eigenvalue weighted by Gasteiger charge is 2.17. The van der Waals surface area contributed by atoms with Crippen molar-refractivity contribution in [2.75, 3.05) is 5.32 Å². The molecule has 3 rings (SSSR count). The lowest BCUT2D eigenvalue weighted by Crippen LogP contribution is -2.16. The first-order valence-corrected chi connectivity index (χ1v) is 10.1. The fourth-order valence-electron chi connectivity index (χ4n) is 3.03. The van der Waals surface area contributed by atoms with Crippen LogP contribution in [0.3, 0.4) is 0 Å². The molecular formula is C24H24BrNO. The van der Waals surface area contributed by atoms with Crippen molar-refractivity contribution in [3.05, 3.63) is 99.5 Å². The number of ketones is 1. The summed E-state index contributed by atoms with van der Waals surface area (Å²) in [6, 6.07) is 24.3. The van der Waals surface area contributed by atoms with E-state index in [-0.39, 0.29) is 11.8 Å². The Morgan fingerprint density at radius 1 is 0.926 bits per heavy atom. The molecule has 27 heavy (non-hydrogen) atoms. The van der Waals surface area contributed by atoms with E-state index in [1.807, 2.05) is 36.4 Å². The number of halogens is 1. The molecule has 1 N–H and O–H groups in total. The molecule has 0 aliphatic carbocycles. The lowest BCUT2D eigenvalue weighted by atomic mass is 9.97. The van der Waals surface area contributed by atoms with E-state index < -0.39 is 0 Å². The number of hydrogen-bond acceptors (Lipinski definition) is 2. The Bertz CT molecular complexity index is 883. The maximum absolute atomic E-state index is 12.9. The Hall–Kier alpha value is -2.39. The zero-order chi connectivity index (χ0) is 19.2. The minimum atomic E-state index is -0.0841. The number of carbonyl (C=O) groups is 1.